The van der Waals surface area contributed by atoms with Crippen molar-refractivity contribution in [1.82, 2.24) is 10.5 Å². The van der Waals surface area contributed by atoms with Crippen LogP contribution in [-0.4, -0.2) is 23.4 Å². The Morgan fingerprint density at radius 3 is 2.94 bits per heavy atom. The molecular formula is C12H17N3O3. The molecule has 1 rings (SSSR count). The number of nitrogens with zero attached hydrogens (tertiary/aromatic N) is 1. The summed E-state index contributed by atoms with van der Waals surface area (Å²) < 4.78 is 0. The fourth-order valence-corrected chi connectivity index (χ4v) is 1.46. The molecule has 0 fully saturated rings. The molecule has 6 heteroatoms. The van der Waals surface area contributed by atoms with Gasteiger partial charge in [-0.25, -0.2) is 4.79 Å². The lowest BCUT2D eigenvalue weighted by molar-refractivity contribution is -0.157. The number of hydrogen-bond acceptors (Lipinski definition) is 5. The van der Waals surface area contributed by atoms with Gasteiger partial charge in [0, 0.05) is 11.9 Å². The van der Waals surface area contributed by atoms with Crippen LogP contribution in [0.25, 0.3) is 0 Å². The fourth-order valence-electron chi connectivity index (χ4n) is 1.46. The molecule has 3 N–H and O–H groups in total. The van der Waals surface area contributed by atoms with E-state index in [0.717, 1.165) is 17.7 Å². The number of carbonyl (C=O) groups excluding carboxylic acids is 2. The molecule has 0 spiro atoms. The smallest absolute Gasteiger partial charge is 0.332 e. The molecule has 0 aliphatic heterocycles. The van der Waals surface area contributed by atoms with Gasteiger partial charge in [0.2, 0.25) is 0 Å². The predicted molar refractivity (Wildman–Crippen MR) is 65.2 cm³/mol. The molecule has 1 heterocycles. The summed E-state index contributed by atoms with van der Waals surface area (Å²) in [4.78, 5) is 30.9. The number of aryl methyl sites for hydroxylation is 2. The summed E-state index contributed by atoms with van der Waals surface area (Å²) >= 11 is 0. The van der Waals surface area contributed by atoms with Crippen LogP contribution in [0.2, 0.25) is 0 Å². The Bertz CT molecular complexity index is 421. The minimum Gasteiger partial charge on any atom is -0.341 e. The van der Waals surface area contributed by atoms with Crippen molar-refractivity contribution in [3.63, 3.8) is 0 Å². The Balaban J connectivity index is 2.40. The van der Waals surface area contributed by atoms with E-state index in [4.69, 9.17) is 5.73 Å². The topological polar surface area (TPSA) is 94.3 Å². The maximum atomic E-state index is 11.3. The average Bonchev–Trinajstić information content (AvgIpc) is 2.42. The fraction of sp³-hybridized carbons (Fsp3) is 0.417. The van der Waals surface area contributed by atoms with E-state index < -0.39 is 11.9 Å². The van der Waals surface area contributed by atoms with E-state index >= 15 is 0 Å². The molecule has 1 aromatic heterocycles. The largest absolute Gasteiger partial charge is 0.341 e. The molecule has 0 atom stereocenters. The Kier molecular flexibility index (Phi) is 5.79. The first kappa shape index (κ1) is 14.1. The first-order chi connectivity index (χ1) is 8.67. The molecule has 1 aromatic rings. The zero-order valence-electron chi connectivity index (χ0n) is 10.3. The number of amides is 1. The third-order valence-electron chi connectivity index (χ3n) is 2.38. The Hall–Kier alpha value is -1.95. The number of rotatable bonds is 5. The number of pyridine rings is 1. The summed E-state index contributed by atoms with van der Waals surface area (Å²) in [5, 5.41) is 0. The monoisotopic (exact) mass is 251 g/mol. The van der Waals surface area contributed by atoms with E-state index in [1.807, 2.05) is 24.5 Å². The van der Waals surface area contributed by atoms with Crippen molar-refractivity contribution in [2.45, 2.75) is 26.2 Å². The Morgan fingerprint density at radius 1 is 1.50 bits per heavy atom. The summed E-state index contributed by atoms with van der Waals surface area (Å²) in [6.45, 7) is 1.79. The number of nitrogens with one attached hydrogen (secondary N) is 1. The molecule has 98 valence electrons. The number of aromatic nitrogens is 1. The quantitative estimate of drug-likeness (QED) is 0.724. The maximum Gasteiger partial charge on any atom is 0.332 e. The van der Waals surface area contributed by atoms with Crippen LogP contribution < -0.4 is 11.2 Å². The molecular weight excluding hydrogens is 234 g/mol. The first-order valence-electron chi connectivity index (χ1n) is 5.78. The third kappa shape index (κ3) is 4.50. The van der Waals surface area contributed by atoms with Crippen LogP contribution in [0, 0.1) is 0 Å². The van der Waals surface area contributed by atoms with E-state index in [1.165, 1.54) is 0 Å². The summed E-state index contributed by atoms with van der Waals surface area (Å²) in [5.41, 5.74) is 9.00. The zero-order valence-corrected chi connectivity index (χ0v) is 10.3. The molecule has 0 unspecified atom stereocenters. The van der Waals surface area contributed by atoms with Gasteiger partial charge in [0.1, 0.15) is 0 Å². The van der Waals surface area contributed by atoms with Crippen LogP contribution in [0.1, 0.15) is 24.6 Å². The van der Waals surface area contributed by atoms with E-state index in [9.17, 15) is 9.59 Å². The van der Waals surface area contributed by atoms with Gasteiger partial charge in [-0.05, 0) is 24.5 Å². The lowest BCUT2D eigenvalue weighted by atomic mass is 10.1. The van der Waals surface area contributed by atoms with Crippen molar-refractivity contribution >= 4 is 11.9 Å². The van der Waals surface area contributed by atoms with E-state index in [-0.39, 0.29) is 13.0 Å². The van der Waals surface area contributed by atoms with Gasteiger partial charge in [-0.15, -0.1) is 0 Å². The first-order valence-corrected chi connectivity index (χ1v) is 5.78. The second-order valence-electron chi connectivity index (χ2n) is 3.67. The highest BCUT2D eigenvalue weighted by molar-refractivity contribution is 5.79. The van der Waals surface area contributed by atoms with Crippen LogP contribution in [-0.2, 0) is 27.3 Å². The number of hydrogen-bond donors (Lipinski definition) is 2. The van der Waals surface area contributed by atoms with Gasteiger partial charge in [0.15, 0.2) is 0 Å². The third-order valence-corrected chi connectivity index (χ3v) is 2.38. The molecule has 6 nitrogen and oxygen atoms in total. The molecule has 0 aliphatic carbocycles. The van der Waals surface area contributed by atoms with Gasteiger partial charge >= 0.3 is 5.97 Å². The molecule has 0 bridgehead atoms. The Labute approximate surface area is 105 Å². The van der Waals surface area contributed by atoms with E-state index in [0.29, 0.717) is 6.42 Å². The van der Waals surface area contributed by atoms with Gasteiger partial charge in [-0.3, -0.25) is 9.78 Å². The van der Waals surface area contributed by atoms with Crippen LogP contribution in [0.15, 0.2) is 18.3 Å². The van der Waals surface area contributed by atoms with Gasteiger partial charge in [0.05, 0.1) is 13.0 Å². The van der Waals surface area contributed by atoms with Crippen LogP contribution in [0.4, 0.5) is 0 Å². The lowest BCUT2D eigenvalue weighted by Gasteiger charge is -2.06. The standard InChI is InChI=1S/C12H17N3O3/c1-2-10-9(4-3-7-14-10)5-6-12(17)18-15-11(16)8-13/h3-4,7H,2,5-6,8,13H2,1H3,(H,15,16). The normalized spacial score (nSPS) is 9.89. The van der Waals surface area contributed by atoms with Crippen LogP contribution >= 0.6 is 0 Å². The number of hydroxylamine groups is 1. The van der Waals surface area contributed by atoms with E-state index in [1.54, 1.807) is 6.20 Å². The minimum absolute atomic E-state index is 0.184. The Morgan fingerprint density at radius 2 is 2.28 bits per heavy atom. The van der Waals surface area contributed by atoms with Crippen molar-refractivity contribution in [2.24, 2.45) is 5.73 Å². The van der Waals surface area contributed by atoms with Crippen LogP contribution in [0.5, 0.6) is 0 Å². The molecule has 1 amide bonds. The molecule has 0 aliphatic rings. The summed E-state index contributed by atoms with van der Waals surface area (Å²) in [5.74, 6) is -1.03. The average molecular weight is 251 g/mol. The predicted octanol–water partition coefficient (Wildman–Crippen LogP) is 0.110. The number of carbonyl (C=O) groups is 2. The molecule has 0 saturated carbocycles. The van der Waals surface area contributed by atoms with Crippen molar-refractivity contribution in [1.29, 1.82) is 0 Å². The number of nitrogens with two attached hydrogens (primary N) is 1. The second kappa shape index (κ2) is 7.39. The van der Waals surface area contributed by atoms with Gasteiger partial charge in [-0.2, -0.15) is 5.48 Å². The maximum absolute atomic E-state index is 11.3. The van der Waals surface area contributed by atoms with Crippen molar-refractivity contribution in [3.8, 4) is 0 Å². The van der Waals surface area contributed by atoms with Gasteiger partial charge in [0.25, 0.3) is 5.91 Å². The minimum atomic E-state index is -0.529. The summed E-state index contributed by atoms with van der Waals surface area (Å²) in [6, 6.07) is 3.76. The van der Waals surface area contributed by atoms with Gasteiger partial charge in [-0.1, -0.05) is 13.0 Å². The summed E-state index contributed by atoms with van der Waals surface area (Å²) in [6.07, 6.45) is 3.26. The van der Waals surface area contributed by atoms with E-state index in [2.05, 4.69) is 9.82 Å². The van der Waals surface area contributed by atoms with Crippen molar-refractivity contribution < 1.29 is 14.4 Å². The molecule has 0 aromatic carbocycles. The molecule has 0 radical (unpaired) electrons. The zero-order chi connectivity index (χ0) is 13.4. The van der Waals surface area contributed by atoms with Crippen molar-refractivity contribution in [3.05, 3.63) is 29.6 Å². The highest BCUT2D eigenvalue weighted by Crippen LogP contribution is 2.09. The van der Waals surface area contributed by atoms with Crippen LogP contribution in [0.3, 0.4) is 0 Å². The lowest BCUT2D eigenvalue weighted by Crippen LogP contribution is -2.32. The highest BCUT2D eigenvalue weighted by atomic mass is 16.7. The summed E-state index contributed by atoms with van der Waals surface area (Å²) in [7, 11) is 0. The SMILES string of the molecule is CCc1ncccc1CCC(=O)ONC(=O)CN. The van der Waals surface area contributed by atoms with Crippen molar-refractivity contribution in [2.75, 3.05) is 6.54 Å². The second-order valence-corrected chi connectivity index (χ2v) is 3.67. The molecule has 18 heavy (non-hydrogen) atoms. The van der Waals surface area contributed by atoms with Gasteiger partial charge < -0.3 is 10.6 Å². The highest BCUT2D eigenvalue weighted by Gasteiger charge is 2.08. The molecule has 0 saturated heterocycles.